The largest absolute Gasteiger partial charge is 0.573 e. The van der Waals surface area contributed by atoms with Crippen molar-refractivity contribution in [2.45, 2.75) is 17.7 Å². The molecule has 9 heteroatoms. The minimum atomic E-state index is -4.86. The van der Waals surface area contributed by atoms with Crippen molar-refractivity contribution in [3.8, 4) is 5.75 Å². The lowest BCUT2D eigenvalue weighted by Gasteiger charge is -2.23. The van der Waals surface area contributed by atoms with Crippen molar-refractivity contribution in [3.05, 3.63) is 71.3 Å². The van der Waals surface area contributed by atoms with Gasteiger partial charge in [0.2, 0.25) is 5.91 Å². The van der Waals surface area contributed by atoms with E-state index in [1.165, 1.54) is 18.2 Å². The standard InChI is InChI=1S/C21H19F3N2O3S/c22-21(23,24)29-18-8-4-5-9-19(18)30(28)26-13-16-11-25(12-17(16)14-26)20(27)10-15-6-2-1-3-7-15/h1-9H,10-14H2. The van der Waals surface area contributed by atoms with Crippen LogP contribution in [0.25, 0.3) is 0 Å². The van der Waals surface area contributed by atoms with Gasteiger partial charge in [-0.3, -0.25) is 4.79 Å². The first-order chi connectivity index (χ1) is 14.3. The Morgan fingerprint density at radius 2 is 1.53 bits per heavy atom. The van der Waals surface area contributed by atoms with Crippen LogP contribution in [-0.2, 0) is 22.2 Å². The zero-order chi connectivity index (χ0) is 21.3. The lowest BCUT2D eigenvalue weighted by atomic mass is 10.1. The summed E-state index contributed by atoms with van der Waals surface area (Å²) in [6.07, 6.45) is -4.54. The van der Waals surface area contributed by atoms with E-state index in [-0.39, 0.29) is 10.8 Å². The maximum Gasteiger partial charge on any atom is 0.573 e. The van der Waals surface area contributed by atoms with Gasteiger partial charge in [0.1, 0.15) is 16.7 Å². The van der Waals surface area contributed by atoms with E-state index in [1.54, 1.807) is 9.21 Å². The number of para-hydroxylation sites is 1. The van der Waals surface area contributed by atoms with Crippen LogP contribution < -0.4 is 4.74 Å². The third-order valence-corrected chi connectivity index (χ3v) is 6.49. The minimum absolute atomic E-state index is 0.0204. The van der Waals surface area contributed by atoms with Gasteiger partial charge >= 0.3 is 6.36 Å². The lowest BCUT2D eigenvalue weighted by molar-refractivity contribution is -0.275. The van der Waals surface area contributed by atoms with Gasteiger partial charge in [-0.25, -0.2) is 8.51 Å². The summed E-state index contributed by atoms with van der Waals surface area (Å²) in [4.78, 5) is 14.3. The molecule has 0 aromatic heterocycles. The molecule has 1 atom stereocenters. The number of carbonyl (C=O) groups excluding carboxylic acids is 1. The average molecular weight is 436 g/mol. The normalized spacial score (nSPS) is 17.9. The van der Waals surface area contributed by atoms with E-state index in [4.69, 9.17) is 0 Å². The Morgan fingerprint density at radius 3 is 2.17 bits per heavy atom. The van der Waals surface area contributed by atoms with Crippen LogP contribution in [0.1, 0.15) is 5.56 Å². The van der Waals surface area contributed by atoms with Gasteiger partial charge in [-0.05, 0) is 28.8 Å². The monoisotopic (exact) mass is 436 g/mol. The number of amides is 1. The van der Waals surface area contributed by atoms with Crippen LogP contribution in [0, 0.1) is 0 Å². The van der Waals surface area contributed by atoms with Gasteiger partial charge in [-0.15, -0.1) is 13.2 Å². The molecule has 0 bridgehead atoms. The number of rotatable bonds is 5. The summed E-state index contributed by atoms with van der Waals surface area (Å²) in [5.41, 5.74) is 2.94. The van der Waals surface area contributed by atoms with Crippen LogP contribution in [-0.4, -0.2) is 51.9 Å². The summed E-state index contributed by atoms with van der Waals surface area (Å²) < 4.78 is 56.5. The highest BCUT2D eigenvalue weighted by Gasteiger charge is 2.37. The van der Waals surface area contributed by atoms with Crippen LogP contribution in [0.5, 0.6) is 5.75 Å². The van der Waals surface area contributed by atoms with Gasteiger partial charge in [0.05, 0.1) is 11.3 Å². The number of benzene rings is 2. The fraction of sp³-hybridized carbons (Fsp3) is 0.286. The molecule has 2 aliphatic rings. The van der Waals surface area contributed by atoms with Crippen LogP contribution >= 0.6 is 0 Å². The van der Waals surface area contributed by atoms with Gasteiger partial charge in [-0.1, -0.05) is 42.5 Å². The van der Waals surface area contributed by atoms with Gasteiger partial charge in [0.15, 0.2) is 0 Å². The van der Waals surface area contributed by atoms with E-state index in [0.717, 1.165) is 22.8 Å². The predicted octanol–water partition coefficient (Wildman–Crippen LogP) is 3.30. The molecule has 0 fully saturated rings. The van der Waals surface area contributed by atoms with Crippen molar-refractivity contribution in [2.75, 3.05) is 26.2 Å². The first kappa shape index (κ1) is 20.6. The summed E-state index contributed by atoms with van der Waals surface area (Å²) in [7, 11) is -1.80. The zero-order valence-corrected chi connectivity index (χ0v) is 16.7. The molecule has 0 spiro atoms. The third-order valence-electron chi connectivity index (χ3n) is 5.05. The number of alkyl halides is 3. The Kier molecular flexibility index (Phi) is 5.66. The first-order valence-corrected chi connectivity index (χ1v) is 10.4. The minimum Gasteiger partial charge on any atom is -0.404 e. The second kappa shape index (κ2) is 8.23. The number of hydrogen-bond donors (Lipinski definition) is 0. The van der Waals surface area contributed by atoms with E-state index < -0.39 is 23.1 Å². The molecule has 4 rings (SSSR count). The van der Waals surface area contributed by atoms with E-state index in [0.29, 0.717) is 32.6 Å². The lowest BCUT2D eigenvalue weighted by Crippen LogP contribution is -2.35. The molecule has 2 heterocycles. The van der Waals surface area contributed by atoms with Gasteiger partial charge < -0.3 is 9.64 Å². The molecule has 2 aliphatic heterocycles. The Labute approximate surface area is 174 Å². The summed E-state index contributed by atoms with van der Waals surface area (Å²) in [6, 6.07) is 14.9. The molecule has 0 radical (unpaired) electrons. The molecule has 158 valence electrons. The van der Waals surface area contributed by atoms with Crippen molar-refractivity contribution < 1.29 is 26.9 Å². The molecule has 0 N–H and O–H groups in total. The molecule has 5 nitrogen and oxygen atoms in total. The number of halogens is 3. The SMILES string of the molecule is O=C(Cc1ccccc1)N1CC2=C(C1)CN(S(=O)c1ccccc1OC(F)(F)F)C2. The Balaban J connectivity index is 1.38. The quantitative estimate of drug-likeness (QED) is 0.676. The Bertz CT molecular complexity index is 990. The van der Waals surface area contributed by atoms with Crippen molar-refractivity contribution >= 4 is 16.9 Å². The van der Waals surface area contributed by atoms with E-state index in [2.05, 4.69) is 4.74 Å². The van der Waals surface area contributed by atoms with E-state index in [9.17, 15) is 22.2 Å². The van der Waals surface area contributed by atoms with Gasteiger partial charge in [0.25, 0.3) is 0 Å². The van der Waals surface area contributed by atoms with Crippen LogP contribution in [0.15, 0.2) is 70.6 Å². The van der Waals surface area contributed by atoms with Crippen molar-refractivity contribution in [3.63, 3.8) is 0 Å². The summed E-state index contributed by atoms with van der Waals surface area (Å²) in [5.74, 6) is -0.442. The molecule has 30 heavy (non-hydrogen) atoms. The average Bonchev–Trinajstić information content (AvgIpc) is 3.27. The summed E-state index contributed by atoms with van der Waals surface area (Å²) in [5, 5.41) is 0. The molecule has 1 amide bonds. The number of hydrogen-bond acceptors (Lipinski definition) is 3. The molecule has 1 unspecified atom stereocenters. The van der Waals surface area contributed by atoms with Gasteiger partial charge in [-0.2, -0.15) is 0 Å². The molecule has 2 aromatic carbocycles. The van der Waals surface area contributed by atoms with E-state index in [1.807, 2.05) is 30.3 Å². The Hall–Kier alpha value is -2.65. The van der Waals surface area contributed by atoms with Gasteiger partial charge in [0, 0.05) is 26.2 Å². The Morgan fingerprint density at radius 1 is 0.933 bits per heavy atom. The number of carbonyl (C=O) groups is 1. The molecular formula is C21H19F3N2O3S. The second-order valence-corrected chi connectivity index (χ2v) is 8.62. The van der Waals surface area contributed by atoms with Crippen molar-refractivity contribution in [2.24, 2.45) is 0 Å². The van der Waals surface area contributed by atoms with Crippen LogP contribution in [0.4, 0.5) is 13.2 Å². The second-order valence-electron chi connectivity index (χ2n) is 7.16. The highest BCUT2D eigenvalue weighted by atomic mass is 32.2. The fourth-order valence-corrected chi connectivity index (χ4v) is 4.97. The smallest absolute Gasteiger partial charge is 0.404 e. The molecule has 2 aromatic rings. The van der Waals surface area contributed by atoms with Crippen LogP contribution in [0.3, 0.4) is 0 Å². The van der Waals surface area contributed by atoms with Crippen molar-refractivity contribution in [1.82, 2.24) is 9.21 Å². The zero-order valence-electron chi connectivity index (χ0n) is 15.9. The highest BCUT2D eigenvalue weighted by Crippen LogP contribution is 2.33. The highest BCUT2D eigenvalue weighted by molar-refractivity contribution is 7.82. The summed E-state index contributed by atoms with van der Waals surface area (Å²) in [6.45, 7) is 1.60. The molecule has 0 saturated heterocycles. The molecule has 0 aliphatic carbocycles. The fourth-order valence-electron chi connectivity index (χ4n) is 3.66. The van der Waals surface area contributed by atoms with Crippen molar-refractivity contribution in [1.29, 1.82) is 0 Å². The topological polar surface area (TPSA) is 49.9 Å². The summed E-state index contributed by atoms with van der Waals surface area (Å²) >= 11 is 0. The number of nitrogens with zero attached hydrogens (tertiary/aromatic N) is 2. The maximum absolute atomic E-state index is 12.9. The third kappa shape index (κ3) is 4.57. The maximum atomic E-state index is 12.9. The predicted molar refractivity (Wildman–Crippen MR) is 105 cm³/mol. The number of ether oxygens (including phenoxy) is 1. The molecular weight excluding hydrogens is 417 g/mol. The molecule has 0 saturated carbocycles. The van der Waals surface area contributed by atoms with Crippen LogP contribution in [0.2, 0.25) is 0 Å². The first-order valence-electron chi connectivity index (χ1n) is 9.33. The van der Waals surface area contributed by atoms with E-state index >= 15 is 0 Å².